The van der Waals surface area contributed by atoms with E-state index in [1.54, 1.807) is 4.90 Å². The van der Waals surface area contributed by atoms with Gasteiger partial charge in [-0.25, -0.2) is 0 Å². The summed E-state index contributed by atoms with van der Waals surface area (Å²) in [7, 11) is 0. The maximum atomic E-state index is 12.0. The molecule has 1 aliphatic heterocycles. The van der Waals surface area contributed by atoms with E-state index in [1.807, 2.05) is 34.6 Å². The van der Waals surface area contributed by atoms with Crippen LogP contribution >= 0.6 is 0 Å². The summed E-state index contributed by atoms with van der Waals surface area (Å²) in [6.07, 6.45) is 0. The fourth-order valence-electron chi connectivity index (χ4n) is 2.36. The molecular formula is C13H24N2O3. The lowest BCUT2D eigenvalue weighted by Gasteiger charge is -2.41. The minimum Gasteiger partial charge on any atom is -0.374 e. The average molecular weight is 256 g/mol. The maximum Gasteiger partial charge on any atom is 0.243 e. The smallest absolute Gasteiger partial charge is 0.243 e. The van der Waals surface area contributed by atoms with E-state index in [-0.39, 0.29) is 24.3 Å². The molecule has 0 aromatic heterocycles. The van der Waals surface area contributed by atoms with Gasteiger partial charge in [-0.05, 0) is 26.7 Å². The number of nitrogens with one attached hydrogen (secondary N) is 1. The lowest BCUT2D eigenvalue weighted by Crippen LogP contribution is -2.62. The van der Waals surface area contributed by atoms with Gasteiger partial charge in [-0.2, -0.15) is 0 Å². The second kappa shape index (κ2) is 5.69. The van der Waals surface area contributed by atoms with Gasteiger partial charge in [-0.15, -0.1) is 0 Å². The Morgan fingerprint density at radius 3 is 2.56 bits per heavy atom. The summed E-state index contributed by atoms with van der Waals surface area (Å²) in [6.45, 7) is 10.8. The van der Waals surface area contributed by atoms with Crippen molar-refractivity contribution in [2.75, 3.05) is 19.7 Å². The van der Waals surface area contributed by atoms with E-state index in [2.05, 4.69) is 5.32 Å². The topological polar surface area (TPSA) is 58.6 Å². The van der Waals surface area contributed by atoms with Crippen LogP contribution in [0.5, 0.6) is 0 Å². The molecule has 1 saturated heterocycles. The van der Waals surface area contributed by atoms with Gasteiger partial charge in [0.05, 0.1) is 18.7 Å². The van der Waals surface area contributed by atoms with Gasteiger partial charge in [0.2, 0.25) is 11.8 Å². The molecular weight excluding hydrogens is 232 g/mol. The first-order valence-corrected chi connectivity index (χ1v) is 6.49. The van der Waals surface area contributed by atoms with Crippen LogP contribution < -0.4 is 5.32 Å². The zero-order valence-corrected chi connectivity index (χ0v) is 11.9. The molecule has 0 aliphatic carbocycles. The Morgan fingerprint density at radius 1 is 1.44 bits per heavy atom. The van der Waals surface area contributed by atoms with Crippen LogP contribution in [0.3, 0.4) is 0 Å². The highest BCUT2D eigenvalue weighted by molar-refractivity contribution is 5.95. The van der Waals surface area contributed by atoms with E-state index in [1.165, 1.54) is 0 Å². The molecule has 0 bridgehead atoms. The van der Waals surface area contributed by atoms with Crippen LogP contribution in [0.25, 0.3) is 0 Å². The predicted molar refractivity (Wildman–Crippen MR) is 69.1 cm³/mol. The molecule has 104 valence electrons. The van der Waals surface area contributed by atoms with Crippen molar-refractivity contribution >= 4 is 11.8 Å². The van der Waals surface area contributed by atoms with Crippen molar-refractivity contribution in [1.29, 1.82) is 0 Å². The molecule has 0 saturated carbocycles. The second-order valence-corrected chi connectivity index (χ2v) is 5.62. The number of hydrogen-bond acceptors (Lipinski definition) is 3. The summed E-state index contributed by atoms with van der Waals surface area (Å²) in [6, 6.07) is -0.397. The van der Waals surface area contributed by atoms with Gasteiger partial charge in [-0.1, -0.05) is 13.8 Å². The van der Waals surface area contributed by atoms with Crippen molar-refractivity contribution < 1.29 is 14.3 Å². The van der Waals surface area contributed by atoms with Crippen LogP contribution in [-0.4, -0.2) is 48.1 Å². The third-order valence-electron chi connectivity index (χ3n) is 3.06. The Hall–Kier alpha value is -1.10. The van der Waals surface area contributed by atoms with E-state index < -0.39 is 11.6 Å². The summed E-state index contributed by atoms with van der Waals surface area (Å²) >= 11 is 0. The van der Waals surface area contributed by atoms with Crippen LogP contribution in [-0.2, 0) is 14.3 Å². The van der Waals surface area contributed by atoms with Gasteiger partial charge in [0.1, 0.15) is 6.04 Å². The number of nitrogens with zero attached hydrogens (tertiary/aromatic N) is 1. The highest BCUT2D eigenvalue weighted by Gasteiger charge is 2.39. The molecule has 1 unspecified atom stereocenters. The highest BCUT2D eigenvalue weighted by Crippen LogP contribution is 2.20. The standard InChI is InChI=1S/C13H24N2O3/c1-6-18-13(4,5)8-15-10(16)7-14-12(17)11(15)9(2)3/h9,11H,6-8H2,1-5H3,(H,14,17). The van der Waals surface area contributed by atoms with E-state index >= 15 is 0 Å². The van der Waals surface area contributed by atoms with Gasteiger partial charge in [0.25, 0.3) is 0 Å². The SMILES string of the molecule is CCOC(C)(C)CN1C(=O)CNC(=O)C1C(C)C. The monoisotopic (exact) mass is 256 g/mol. The first kappa shape index (κ1) is 15.0. The fourth-order valence-corrected chi connectivity index (χ4v) is 2.36. The number of hydrogen-bond donors (Lipinski definition) is 1. The first-order valence-electron chi connectivity index (χ1n) is 6.49. The predicted octanol–water partition coefficient (Wildman–Crippen LogP) is 0.785. The molecule has 1 N–H and O–H groups in total. The number of rotatable bonds is 5. The molecule has 1 heterocycles. The van der Waals surface area contributed by atoms with Crippen molar-refractivity contribution in [1.82, 2.24) is 10.2 Å². The number of carbonyl (C=O) groups is 2. The quantitative estimate of drug-likeness (QED) is 0.791. The minimum atomic E-state index is -0.435. The van der Waals surface area contributed by atoms with Gasteiger partial charge >= 0.3 is 0 Å². The van der Waals surface area contributed by atoms with Crippen molar-refractivity contribution in [3.8, 4) is 0 Å². The Bertz CT molecular complexity index is 326. The molecule has 1 rings (SSSR count). The Morgan fingerprint density at radius 2 is 2.06 bits per heavy atom. The van der Waals surface area contributed by atoms with E-state index in [0.717, 1.165) is 0 Å². The summed E-state index contributed by atoms with van der Waals surface area (Å²) in [5, 5.41) is 2.64. The highest BCUT2D eigenvalue weighted by atomic mass is 16.5. The molecule has 2 amide bonds. The number of carbonyl (C=O) groups excluding carboxylic acids is 2. The Kier molecular flexibility index (Phi) is 4.73. The van der Waals surface area contributed by atoms with Crippen molar-refractivity contribution in [3.63, 3.8) is 0 Å². The molecule has 5 heteroatoms. The number of amides is 2. The Balaban J connectivity index is 2.86. The molecule has 1 atom stereocenters. The third-order valence-corrected chi connectivity index (χ3v) is 3.06. The van der Waals surface area contributed by atoms with Gasteiger partial charge in [0.15, 0.2) is 0 Å². The largest absolute Gasteiger partial charge is 0.374 e. The van der Waals surface area contributed by atoms with E-state index in [0.29, 0.717) is 13.2 Å². The minimum absolute atomic E-state index is 0.0407. The van der Waals surface area contributed by atoms with Crippen LogP contribution in [0.1, 0.15) is 34.6 Å². The summed E-state index contributed by atoms with van der Waals surface area (Å²) < 4.78 is 5.62. The lowest BCUT2D eigenvalue weighted by molar-refractivity contribution is -0.152. The molecule has 1 aliphatic rings. The zero-order chi connectivity index (χ0) is 13.9. The molecule has 0 radical (unpaired) electrons. The zero-order valence-electron chi connectivity index (χ0n) is 11.9. The van der Waals surface area contributed by atoms with Crippen LogP contribution in [0.15, 0.2) is 0 Å². The molecule has 0 aromatic carbocycles. The van der Waals surface area contributed by atoms with Crippen LogP contribution in [0.2, 0.25) is 0 Å². The molecule has 5 nitrogen and oxygen atoms in total. The molecule has 0 spiro atoms. The normalized spacial score (nSPS) is 21.4. The lowest BCUT2D eigenvalue weighted by atomic mass is 9.97. The van der Waals surface area contributed by atoms with Crippen molar-refractivity contribution in [2.24, 2.45) is 5.92 Å². The third kappa shape index (κ3) is 3.45. The number of piperazine rings is 1. The van der Waals surface area contributed by atoms with Crippen molar-refractivity contribution in [2.45, 2.75) is 46.3 Å². The summed E-state index contributed by atoms with van der Waals surface area (Å²) in [5.41, 5.74) is -0.435. The van der Waals surface area contributed by atoms with Gasteiger partial charge in [-0.3, -0.25) is 9.59 Å². The fraction of sp³-hybridized carbons (Fsp3) is 0.846. The molecule has 18 heavy (non-hydrogen) atoms. The average Bonchev–Trinajstić information content (AvgIpc) is 2.22. The first-order chi connectivity index (χ1) is 8.28. The van der Waals surface area contributed by atoms with Gasteiger partial charge in [0, 0.05) is 6.61 Å². The molecule has 0 aromatic rings. The molecule has 1 fully saturated rings. The van der Waals surface area contributed by atoms with Crippen LogP contribution in [0, 0.1) is 5.92 Å². The van der Waals surface area contributed by atoms with E-state index in [9.17, 15) is 9.59 Å². The van der Waals surface area contributed by atoms with E-state index in [4.69, 9.17) is 4.74 Å². The van der Waals surface area contributed by atoms with Gasteiger partial charge < -0.3 is 15.0 Å². The maximum absolute atomic E-state index is 12.0. The Labute approximate surface area is 109 Å². The summed E-state index contributed by atoms with van der Waals surface area (Å²) in [5.74, 6) is -0.0235. The van der Waals surface area contributed by atoms with Crippen molar-refractivity contribution in [3.05, 3.63) is 0 Å². The van der Waals surface area contributed by atoms with Crippen LogP contribution in [0.4, 0.5) is 0 Å². The number of ether oxygens (including phenoxy) is 1. The second-order valence-electron chi connectivity index (χ2n) is 5.62. The summed E-state index contributed by atoms with van der Waals surface area (Å²) in [4.78, 5) is 25.5.